The second-order valence-corrected chi connectivity index (χ2v) is 2.35. The average molecular weight is 151 g/mol. The maximum atomic E-state index is 10.8. The van der Waals surface area contributed by atoms with Crippen molar-refractivity contribution in [3.63, 3.8) is 0 Å². The maximum absolute atomic E-state index is 10.8. The first-order chi connectivity index (χ1) is 5.33. The fourth-order valence-corrected chi connectivity index (χ4v) is 0.890. The van der Waals surface area contributed by atoms with E-state index in [9.17, 15) is 5.11 Å². The Hall–Kier alpha value is -0.860. The van der Waals surface area contributed by atoms with Gasteiger partial charge < -0.3 is 9.84 Å². The Morgan fingerprint density at radius 3 is 2.55 bits per heavy atom. The Labute approximate surface area is 66.4 Å². The molecule has 0 fully saturated rings. The second-order valence-electron chi connectivity index (χ2n) is 2.35. The van der Waals surface area contributed by atoms with Crippen LogP contribution in [-0.2, 0) is 11.2 Å². The molecule has 0 amide bonds. The van der Waals surface area contributed by atoms with Gasteiger partial charge in [0.15, 0.2) is 0 Å². The van der Waals surface area contributed by atoms with Gasteiger partial charge in [0.2, 0.25) is 0 Å². The molecule has 0 saturated heterocycles. The van der Waals surface area contributed by atoms with Gasteiger partial charge in [0.05, 0.1) is 0 Å². The lowest BCUT2D eigenvalue weighted by Gasteiger charge is -2.19. The monoisotopic (exact) mass is 151 g/mol. The molecule has 0 aliphatic heterocycles. The van der Waals surface area contributed by atoms with Crippen LogP contribution in [0, 0.1) is 0 Å². The van der Waals surface area contributed by atoms with E-state index in [-0.39, 0.29) is 0 Å². The molecule has 0 spiro atoms. The molecule has 0 aromatic heterocycles. The summed E-state index contributed by atoms with van der Waals surface area (Å²) in [5.74, 6) is 0. The van der Waals surface area contributed by atoms with Crippen molar-refractivity contribution >= 4 is 0 Å². The summed E-state index contributed by atoms with van der Waals surface area (Å²) >= 11 is 0. The number of hydrogen-bond donors (Lipinski definition) is 0. The summed E-state index contributed by atoms with van der Waals surface area (Å²) in [6, 6.07) is 9.60. The van der Waals surface area contributed by atoms with Crippen LogP contribution >= 0.6 is 0 Å². The summed E-state index contributed by atoms with van der Waals surface area (Å²) in [5, 5.41) is 10.8. The summed E-state index contributed by atoms with van der Waals surface area (Å²) in [4.78, 5) is 0. The van der Waals surface area contributed by atoms with Crippen LogP contribution in [0.25, 0.3) is 0 Å². The first-order valence-electron chi connectivity index (χ1n) is 3.55. The summed E-state index contributed by atoms with van der Waals surface area (Å²) in [6.45, 7) is 0. The molecule has 1 aromatic rings. The van der Waals surface area contributed by atoms with Crippen LogP contribution in [0.15, 0.2) is 30.3 Å². The highest BCUT2D eigenvalue weighted by atomic mass is 16.6. The van der Waals surface area contributed by atoms with Crippen molar-refractivity contribution in [3.8, 4) is 0 Å². The topological polar surface area (TPSA) is 32.3 Å². The lowest BCUT2D eigenvalue weighted by atomic mass is 10.1. The van der Waals surface area contributed by atoms with Gasteiger partial charge >= 0.3 is 0 Å². The van der Waals surface area contributed by atoms with Crippen LogP contribution in [0.1, 0.15) is 5.56 Å². The molecule has 1 rings (SSSR count). The van der Waals surface area contributed by atoms with Gasteiger partial charge in [-0.2, -0.15) is 0 Å². The second kappa shape index (κ2) is 4.11. The highest BCUT2D eigenvalue weighted by molar-refractivity contribution is 5.14. The molecule has 0 aliphatic rings. The van der Waals surface area contributed by atoms with Crippen molar-refractivity contribution in [3.05, 3.63) is 35.9 Å². The molecule has 1 atom stereocenters. The Kier molecular flexibility index (Phi) is 3.08. The van der Waals surface area contributed by atoms with E-state index in [2.05, 4.69) is 4.74 Å². The fraction of sp³-hybridized carbons (Fsp3) is 0.333. The van der Waals surface area contributed by atoms with Gasteiger partial charge in [0.25, 0.3) is 0 Å². The van der Waals surface area contributed by atoms with E-state index < -0.39 is 6.29 Å². The predicted octanol–water partition coefficient (Wildman–Crippen LogP) is 0.562. The van der Waals surface area contributed by atoms with Crippen LogP contribution < -0.4 is 5.11 Å². The number of ether oxygens (including phenoxy) is 1. The predicted molar refractivity (Wildman–Crippen MR) is 40.9 cm³/mol. The zero-order chi connectivity index (χ0) is 8.10. The highest BCUT2D eigenvalue weighted by Crippen LogP contribution is 2.01. The van der Waals surface area contributed by atoms with E-state index >= 15 is 0 Å². The van der Waals surface area contributed by atoms with Gasteiger partial charge in [-0.3, -0.25) is 0 Å². The maximum Gasteiger partial charge on any atom is 0.0340 e. The SMILES string of the molecule is CO[C@H]([O-])Cc1ccccc1. The van der Waals surface area contributed by atoms with Gasteiger partial charge in [-0.1, -0.05) is 30.3 Å². The minimum Gasteiger partial charge on any atom is -0.831 e. The normalized spacial score (nSPS) is 12.9. The zero-order valence-electron chi connectivity index (χ0n) is 6.49. The third kappa shape index (κ3) is 2.70. The van der Waals surface area contributed by atoms with Gasteiger partial charge in [-0.15, -0.1) is 0 Å². The summed E-state index contributed by atoms with van der Waals surface area (Å²) in [5.41, 5.74) is 1.02. The van der Waals surface area contributed by atoms with Crippen LogP contribution in [-0.4, -0.2) is 13.4 Å². The van der Waals surface area contributed by atoms with Crippen molar-refractivity contribution in [1.82, 2.24) is 0 Å². The van der Waals surface area contributed by atoms with Crippen molar-refractivity contribution in [2.24, 2.45) is 0 Å². The summed E-state index contributed by atoms with van der Waals surface area (Å²) in [6.07, 6.45) is -0.491. The van der Waals surface area contributed by atoms with Crippen molar-refractivity contribution in [1.29, 1.82) is 0 Å². The average Bonchev–Trinajstić information content (AvgIpc) is 2.06. The van der Waals surface area contributed by atoms with Crippen molar-refractivity contribution < 1.29 is 9.84 Å². The van der Waals surface area contributed by atoms with Crippen LogP contribution in [0.4, 0.5) is 0 Å². The van der Waals surface area contributed by atoms with E-state index in [1.165, 1.54) is 7.11 Å². The molecular weight excluding hydrogens is 140 g/mol. The molecule has 0 aliphatic carbocycles. The molecule has 2 nitrogen and oxygen atoms in total. The van der Waals surface area contributed by atoms with E-state index in [4.69, 9.17) is 0 Å². The number of hydrogen-bond acceptors (Lipinski definition) is 2. The molecule has 0 heterocycles. The summed E-state index contributed by atoms with van der Waals surface area (Å²) in [7, 11) is 1.43. The molecule has 0 bridgehead atoms. The van der Waals surface area contributed by atoms with Gasteiger partial charge in [0, 0.05) is 7.11 Å². The van der Waals surface area contributed by atoms with Crippen molar-refractivity contribution in [2.45, 2.75) is 12.7 Å². The highest BCUT2D eigenvalue weighted by Gasteiger charge is 1.92. The van der Waals surface area contributed by atoms with E-state index in [1.807, 2.05) is 30.3 Å². The number of rotatable bonds is 3. The first kappa shape index (κ1) is 8.24. The fourth-order valence-electron chi connectivity index (χ4n) is 0.890. The molecule has 0 saturated carbocycles. The standard InChI is InChI=1S/C9H11O2/c1-11-9(10)7-8-5-3-2-4-6-8/h2-6,9H,7H2,1H3/q-1/t9-/m0/s1. The molecule has 0 unspecified atom stereocenters. The number of benzene rings is 1. The minimum atomic E-state index is -0.933. The molecule has 0 N–H and O–H groups in total. The van der Waals surface area contributed by atoms with Crippen LogP contribution in [0.3, 0.4) is 0 Å². The molecule has 1 aromatic carbocycles. The smallest absolute Gasteiger partial charge is 0.0340 e. The molecule has 0 radical (unpaired) electrons. The zero-order valence-corrected chi connectivity index (χ0v) is 6.49. The third-order valence-corrected chi connectivity index (χ3v) is 1.51. The minimum absolute atomic E-state index is 0.442. The lowest BCUT2D eigenvalue weighted by Crippen LogP contribution is -2.29. The van der Waals surface area contributed by atoms with E-state index in [1.54, 1.807) is 0 Å². The molecule has 11 heavy (non-hydrogen) atoms. The Bertz CT molecular complexity index is 196. The van der Waals surface area contributed by atoms with Crippen molar-refractivity contribution in [2.75, 3.05) is 7.11 Å². The van der Waals surface area contributed by atoms with E-state index in [0.29, 0.717) is 6.42 Å². The van der Waals surface area contributed by atoms with Gasteiger partial charge in [-0.05, 0) is 18.3 Å². The quantitative estimate of drug-likeness (QED) is 0.591. The first-order valence-corrected chi connectivity index (χ1v) is 3.55. The Morgan fingerprint density at radius 2 is 2.00 bits per heavy atom. The van der Waals surface area contributed by atoms with Gasteiger partial charge in [-0.25, -0.2) is 0 Å². The molecule has 2 heteroatoms. The summed E-state index contributed by atoms with van der Waals surface area (Å²) < 4.78 is 4.60. The lowest BCUT2D eigenvalue weighted by molar-refractivity contribution is -0.486. The molecular formula is C9H11O2-. The van der Waals surface area contributed by atoms with Crippen LogP contribution in [0.5, 0.6) is 0 Å². The Morgan fingerprint density at radius 1 is 1.36 bits per heavy atom. The van der Waals surface area contributed by atoms with E-state index in [0.717, 1.165) is 5.56 Å². The van der Waals surface area contributed by atoms with Crippen LogP contribution in [0.2, 0.25) is 0 Å². The third-order valence-electron chi connectivity index (χ3n) is 1.51. The van der Waals surface area contributed by atoms with Gasteiger partial charge in [0.1, 0.15) is 0 Å². The molecule has 60 valence electrons. The largest absolute Gasteiger partial charge is 0.831 e. The number of methoxy groups -OCH3 is 1. The Balaban J connectivity index is 2.51.